The van der Waals surface area contributed by atoms with Gasteiger partial charge in [-0.25, -0.2) is 9.18 Å². The zero-order chi connectivity index (χ0) is 16.8. The molecule has 118 valence electrons. The number of nitro groups is 1. The lowest BCUT2D eigenvalue weighted by Crippen LogP contribution is -2.02. The fourth-order valence-electron chi connectivity index (χ4n) is 1.71. The van der Waals surface area contributed by atoms with Gasteiger partial charge in [0.2, 0.25) is 0 Å². The minimum absolute atomic E-state index is 0.0320. The molecule has 23 heavy (non-hydrogen) atoms. The number of carbonyl (C=O) groups excluding carboxylic acids is 1. The summed E-state index contributed by atoms with van der Waals surface area (Å²) in [7, 11) is 0. The Labute approximate surface area is 139 Å². The van der Waals surface area contributed by atoms with Crippen LogP contribution >= 0.6 is 15.9 Å². The van der Waals surface area contributed by atoms with Crippen LogP contribution in [0.15, 0.2) is 53.0 Å². The minimum atomic E-state index is -0.634. The molecule has 0 spiro atoms. The summed E-state index contributed by atoms with van der Waals surface area (Å²) < 4.78 is 19.1. The Bertz CT molecular complexity index is 759. The van der Waals surface area contributed by atoms with Crippen molar-refractivity contribution < 1.29 is 18.8 Å². The van der Waals surface area contributed by atoms with Crippen LogP contribution in [0.4, 0.5) is 10.1 Å². The summed E-state index contributed by atoms with van der Waals surface area (Å²) >= 11 is 3.14. The first-order chi connectivity index (χ1) is 11.0. The molecule has 0 radical (unpaired) electrons. The summed E-state index contributed by atoms with van der Waals surface area (Å²) in [6, 6.07) is 10.2. The molecule has 0 heterocycles. The van der Waals surface area contributed by atoms with E-state index in [1.807, 2.05) is 0 Å². The van der Waals surface area contributed by atoms with Crippen molar-refractivity contribution in [3.05, 3.63) is 80.1 Å². The first kappa shape index (κ1) is 16.8. The maximum absolute atomic E-state index is 13.6. The third-order valence-corrected chi connectivity index (χ3v) is 3.39. The highest BCUT2D eigenvalue weighted by Gasteiger charge is 2.06. The van der Waals surface area contributed by atoms with Crippen LogP contribution in [0.5, 0.6) is 0 Å². The summed E-state index contributed by atoms with van der Waals surface area (Å²) in [5.74, 6) is -1.10. The van der Waals surface area contributed by atoms with Crippen LogP contribution < -0.4 is 0 Å². The van der Waals surface area contributed by atoms with Gasteiger partial charge in [-0.3, -0.25) is 10.1 Å². The molecule has 0 bridgehead atoms. The highest BCUT2D eigenvalue weighted by molar-refractivity contribution is 9.10. The number of hydrogen-bond donors (Lipinski definition) is 0. The molecule has 0 saturated carbocycles. The molecule has 0 saturated heterocycles. The topological polar surface area (TPSA) is 69.4 Å². The van der Waals surface area contributed by atoms with Crippen molar-refractivity contribution in [3.63, 3.8) is 0 Å². The zero-order valence-electron chi connectivity index (χ0n) is 11.7. The van der Waals surface area contributed by atoms with Crippen LogP contribution in [0.1, 0.15) is 11.1 Å². The van der Waals surface area contributed by atoms with Crippen LogP contribution in [-0.4, -0.2) is 10.9 Å². The number of rotatable bonds is 5. The predicted octanol–water partition coefficient (Wildman–Crippen LogP) is 4.25. The van der Waals surface area contributed by atoms with Crippen LogP contribution in [-0.2, 0) is 16.1 Å². The van der Waals surface area contributed by atoms with E-state index in [2.05, 4.69) is 15.9 Å². The second-order valence-corrected chi connectivity index (χ2v) is 5.44. The van der Waals surface area contributed by atoms with Gasteiger partial charge in [-0.15, -0.1) is 0 Å². The molecular weight excluding hydrogens is 369 g/mol. The van der Waals surface area contributed by atoms with Gasteiger partial charge in [0.25, 0.3) is 5.69 Å². The number of carbonyl (C=O) groups is 1. The van der Waals surface area contributed by atoms with E-state index in [4.69, 9.17) is 4.74 Å². The van der Waals surface area contributed by atoms with Gasteiger partial charge in [-0.1, -0.05) is 22.0 Å². The average Bonchev–Trinajstić information content (AvgIpc) is 2.52. The van der Waals surface area contributed by atoms with Crippen molar-refractivity contribution >= 4 is 33.7 Å². The van der Waals surface area contributed by atoms with Gasteiger partial charge in [-0.2, -0.15) is 0 Å². The molecule has 0 fully saturated rings. The van der Waals surface area contributed by atoms with Gasteiger partial charge in [0.05, 0.1) is 4.92 Å². The molecule has 0 amide bonds. The van der Waals surface area contributed by atoms with Crippen molar-refractivity contribution in [2.45, 2.75) is 6.61 Å². The zero-order valence-corrected chi connectivity index (χ0v) is 13.3. The number of halogens is 2. The Morgan fingerprint density at radius 1 is 1.26 bits per heavy atom. The fourth-order valence-corrected chi connectivity index (χ4v) is 2.04. The second-order valence-electron chi connectivity index (χ2n) is 4.53. The van der Waals surface area contributed by atoms with Crippen LogP contribution in [0, 0.1) is 15.9 Å². The van der Waals surface area contributed by atoms with Gasteiger partial charge in [0, 0.05) is 28.2 Å². The number of esters is 1. The van der Waals surface area contributed by atoms with Crippen molar-refractivity contribution in [2.75, 3.05) is 0 Å². The Morgan fingerprint density at radius 2 is 1.96 bits per heavy atom. The normalized spacial score (nSPS) is 10.7. The van der Waals surface area contributed by atoms with Crippen molar-refractivity contribution in [1.82, 2.24) is 0 Å². The van der Waals surface area contributed by atoms with E-state index in [-0.39, 0.29) is 17.9 Å². The maximum Gasteiger partial charge on any atom is 0.331 e. The standard InChI is InChI=1S/C16H11BrFNO4/c17-13-5-4-12(15(18)9-13)10-23-16(20)8-3-11-1-6-14(7-2-11)19(21)22/h1-9H,10H2. The van der Waals surface area contributed by atoms with Gasteiger partial charge in [-0.05, 0) is 35.9 Å². The van der Waals surface area contributed by atoms with Crippen LogP contribution in [0.25, 0.3) is 6.08 Å². The van der Waals surface area contributed by atoms with E-state index in [9.17, 15) is 19.3 Å². The number of nitrogens with zero attached hydrogens (tertiary/aromatic N) is 1. The summed E-state index contributed by atoms with van der Waals surface area (Å²) in [6.07, 6.45) is 2.64. The molecule has 0 aromatic heterocycles. The third kappa shape index (κ3) is 5.00. The monoisotopic (exact) mass is 379 g/mol. The summed E-state index contributed by atoms with van der Waals surface area (Å²) in [6.45, 7) is -0.178. The molecule has 5 nitrogen and oxygen atoms in total. The van der Waals surface area contributed by atoms with E-state index >= 15 is 0 Å². The highest BCUT2D eigenvalue weighted by Crippen LogP contribution is 2.16. The van der Waals surface area contributed by atoms with E-state index in [0.717, 1.165) is 0 Å². The molecule has 0 atom stereocenters. The van der Waals surface area contributed by atoms with E-state index in [1.54, 1.807) is 6.07 Å². The van der Waals surface area contributed by atoms with Gasteiger partial charge in [0.15, 0.2) is 0 Å². The third-order valence-electron chi connectivity index (χ3n) is 2.90. The SMILES string of the molecule is O=C(C=Cc1ccc([N+](=O)[O-])cc1)OCc1ccc(Br)cc1F. The molecule has 2 aromatic carbocycles. The Kier molecular flexibility index (Phi) is 5.59. The molecule has 0 aliphatic carbocycles. The first-order valence-corrected chi connectivity index (χ1v) is 7.28. The Hall–Kier alpha value is -2.54. The van der Waals surface area contributed by atoms with E-state index < -0.39 is 16.7 Å². The van der Waals surface area contributed by atoms with Crippen molar-refractivity contribution in [1.29, 1.82) is 0 Å². The molecular formula is C16H11BrFNO4. The number of hydrogen-bond acceptors (Lipinski definition) is 4. The quantitative estimate of drug-likeness (QED) is 0.337. The van der Waals surface area contributed by atoms with Crippen molar-refractivity contribution in [2.24, 2.45) is 0 Å². The van der Waals surface area contributed by atoms with E-state index in [0.29, 0.717) is 10.0 Å². The predicted molar refractivity (Wildman–Crippen MR) is 86.0 cm³/mol. The smallest absolute Gasteiger partial charge is 0.331 e. The molecule has 2 rings (SSSR count). The Morgan fingerprint density at radius 3 is 2.57 bits per heavy atom. The fraction of sp³-hybridized carbons (Fsp3) is 0.0625. The van der Waals surface area contributed by atoms with Gasteiger partial charge >= 0.3 is 5.97 Å². The summed E-state index contributed by atoms with van der Waals surface area (Å²) in [4.78, 5) is 21.6. The van der Waals surface area contributed by atoms with E-state index in [1.165, 1.54) is 48.6 Å². The van der Waals surface area contributed by atoms with Gasteiger partial charge in [0.1, 0.15) is 12.4 Å². The average molecular weight is 380 g/mol. The van der Waals surface area contributed by atoms with Gasteiger partial charge < -0.3 is 4.74 Å². The number of non-ortho nitro benzene ring substituents is 1. The molecule has 0 aliphatic heterocycles. The number of benzene rings is 2. The lowest BCUT2D eigenvalue weighted by molar-refractivity contribution is -0.384. The second kappa shape index (κ2) is 7.64. The highest BCUT2D eigenvalue weighted by atomic mass is 79.9. The number of ether oxygens (including phenoxy) is 1. The maximum atomic E-state index is 13.6. The lowest BCUT2D eigenvalue weighted by Gasteiger charge is -2.04. The Balaban J connectivity index is 1.92. The first-order valence-electron chi connectivity index (χ1n) is 6.49. The molecule has 0 unspecified atom stereocenters. The van der Waals surface area contributed by atoms with Crippen LogP contribution in [0.2, 0.25) is 0 Å². The minimum Gasteiger partial charge on any atom is -0.458 e. The molecule has 0 aliphatic rings. The van der Waals surface area contributed by atoms with Crippen LogP contribution in [0.3, 0.4) is 0 Å². The lowest BCUT2D eigenvalue weighted by atomic mass is 10.2. The molecule has 2 aromatic rings. The molecule has 0 N–H and O–H groups in total. The molecule has 7 heteroatoms. The van der Waals surface area contributed by atoms with Crippen molar-refractivity contribution in [3.8, 4) is 0 Å². The summed E-state index contributed by atoms with van der Waals surface area (Å²) in [5.41, 5.74) is 0.850. The largest absolute Gasteiger partial charge is 0.458 e. The number of nitro benzene ring substituents is 1. The summed E-state index contributed by atoms with van der Waals surface area (Å²) in [5, 5.41) is 10.5.